The van der Waals surface area contributed by atoms with E-state index in [1.54, 1.807) is 0 Å². The molecular weight excluding hydrogens is 298 g/mol. The number of rotatable bonds is 4. The molecule has 21 heavy (non-hydrogen) atoms. The van der Waals surface area contributed by atoms with Gasteiger partial charge in [0.15, 0.2) is 0 Å². The Hall–Kier alpha value is -2.28. The molecule has 0 aliphatic rings. The molecule has 0 bridgehead atoms. The molecule has 4 N–H and O–H groups in total. The summed E-state index contributed by atoms with van der Waals surface area (Å²) in [6.45, 7) is 0. The Labute approximate surface area is 122 Å². The number of benzene rings is 2. The largest absolute Gasteiger partial charge is 0.398 e. The Morgan fingerprint density at radius 3 is 2.48 bits per heavy atom. The molecule has 1 amide bonds. The van der Waals surface area contributed by atoms with Crippen LogP contribution in [-0.4, -0.2) is 10.1 Å². The summed E-state index contributed by atoms with van der Waals surface area (Å²) in [5.41, 5.74) is 11.0. The van der Waals surface area contributed by atoms with Crippen LogP contribution in [0.4, 0.5) is 14.5 Å². The van der Waals surface area contributed by atoms with E-state index in [-0.39, 0.29) is 27.5 Å². The molecule has 4 nitrogen and oxygen atoms in total. The molecule has 0 aliphatic heterocycles. The Morgan fingerprint density at radius 2 is 1.86 bits per heavy atom. The number of primary amides is 1. The smallest absolute Gasteiger partial charge is 0.248 e. The monoisotopic (exact) mass is 310 g/mol. The molecule has 2 aromatic carbocycles. The lowest BCUT2D eigenvalue weighted by molar-refractivity contribution is 0.1000. The van der Waals surface area contributed by atoms with Gasteiger partial charge in [-0.25, -0.2) is 8.78 Å². The van der Waals surface area contributed by atoms with Gasteiger partial charge < -0.3 is 11.5 Å². The van der Waals surface area contributed by atoms with Crippen molar-refractivity contribution >= 4 is 22.4 Å². The van der Waals surface area contributed by atoms with E-state index in [1.165, 1.54) is 18.2 Å². The molecule has 0 radical (unpaired) electrons. The van der Waals surface area contributed by atoms with Crippen LogP contribution < -0.4 is 11.5 Å². The predicted octanol–water partition coefficient (Wildman–Crippen LogP) is 1.95. The van der Waals surface area contributed by atoms with Crippen molar-refractivity contribution in [1.82, 2.24) is 0 Å². The highest BCUT2D eigenvalue weighted by Crippen LogP contribution is 2.21. The lowest BCUT2D eigenvalue weighted by Crippen LogP contribution is -2.12. The van der Waals surface area contributed by atoms with Gasteiger partial charge in [0.2, 0.25) is 5.91 Å². The minimum atomic E-state index is -1.71. The average Bonchev–Trinajstić information content (AvgIpc) is 2.43. The number of halogens is 2. The van der Waals surface area contributed by atoms with Crippen molar-refractivity contribution < 1.29 is 17.8 Å². The molecule has 0 aliphatic carbocycles. The summed E-state index contributed by atoms with van der Waals surface area (Å²) in [6, 6.07) is 7.15. The van der Waals surface area contributed by atoms with Crippen molar-refractivity contribution in [3.05, 3.63) is 59.2 Å². The van der Waals surface area contributed by atoms with Crippen LogP contribution in [0.15, 0.2) is 41.3 Å². The summed E-state index contributed by atoms with van der Waals surface area (Å²) in [5, 5.41) is 0. The molecular formula is C14H12F2N2O2S. The van der Waals surface area contributed by atoms with Gasteiger partial charge in [-0.3, -0.25) is 9.00 Å². The first-order valence-corrected chi connectivity index (χ1v) is 7.22. The van der Waals surface area contributed by atoms with E-state index in [4.69, 9.17) is 11.5 Å². The van der Waals surface area contributed by atoms with Crippen LogP contribution in [0, 0.1) is 11.6 Å². The zero-order chi connectivity index (χ0) is 15.6. The topological polar surface area (TPSA) is 86.2 Å². The molecule has 0 saturated heterocycles. The molecule has 2 aromatic rings. The quantitative estimate of drug-likeness (QED) is 0.846. The van der Waals surface area contributed by atoms with E-state index in [2.05, 4.69) is 0 Å². The molecule has 1 atom stereocenters. The predicted molar refractivity (Wildman–Crippen MR) is 75.8 cm³/mol. The third kappa shape index (κ3) is 3.43. The van der Waals surface area contributed by atoms with Gasteiger partial charge in [0.1, 0.15) is 11.6 Å². The van der Waals surface area contributed by atoms with E-state index in [0.29, 0.717) is 0 Å². The van der Waals surface area contributed by atoms with Crippen LogP contribution in [0.2, 0.25) is 0 Å². The Balaban J connectivity index is 2.27. The average molecular weight is 310 g/mol. The van der Waals surface area contributed by atoms with Crippen LogP contribution in [0.1, 0.15) is 15.9 Å². The van der Waals surface area contributed by atoms with Gasteiger partial charge in [0.25, 0.3) is 0 Å². The fourth-order valence-electron chi connectivity index (χ4n) is 1.74. The Morgan fingerprint density at radius 1 is 1.14 bits per heavy atom. The van der Waals surface area contributed by atoms with Gasteiger partial charge in [0, 0.05) is 16.8 Å². The normalized spacial score (nSPS) is 12.1. The zero-order valence-electron chi connectivity index (χ0n) is 10.8. The fourth-order valence-corrected chi connectivity index (χ4v) is 2.99. The van der Waals surface area contributed by atoms with E-state index in [9.17, 15) is 17.8 Å². The summed E-state index contributed by atoms with van der Waals surface area (Å²) in [7, 11) is -1.71. The third-order valence-electron chi connectivity index (χ3n) is 2.85. The highest BCUT2D eigenvalue weighted by molar-refractivity contribution is 7.84. The minimum Gasteiger partial charge on any atom is -0.398 e. The lowest BCUT2D eigenvalue weighted by atomic mass is 10.1. The molecule has 1 unspecified atom stereocenters. The van der Waals surface area contributed by atoms with Gasteiger partial charge in [0.05, 0.1) is 21.4 Å². The first-order chi connectivity index (χ1) is 9.88. The number of hydrogen-bond donors (Lipinski definition) is 2. The van der Waals surface area contributed by atoms with Crippen molar-refractivity contribution in [1.29, 1.82) is 0 Å². The van der Waals surface area contributed by atoms with Crippen LogP contribution in [0.3, 0.4) is 0 Å². The summed E-state index contributed by atoms with van der Waals surface area (Å²) >= 11 is 0. The summed E-state index contributed by atoms with van der Waals surface area (Å²) in [5.74, 6) is -2.21. The number of carbonyl (C=O) groups is 1. The van der Waals surface area contributed by atoms with Crippen LogP contribution in [0.5, 0.6) is 0 Å². The van der Waals surface area contributed by atoms with Crippen molar-refractivity contribution in [2.45, 2.75) is 10.6 Å². The van der Waals surface area contributed by atoms with E-state index in [0.717, 1.165) is 18.2 Å². The number of amides is 1. The minimum absolute atomic E-state index is 0.0206. The summed E-state index contributed by atoms with van der Waals surface area (Å²) in [4.78, 5) is 11.0. The maximum atomic E-state index is 13.8. The van der Waals surface area contributed by atoms with Gasteiger partial charge in [-0.2, -0.15) is 0 Å². The second kappa shape index (κ2) is 6.01. The van der Waals surface area contributed by atoms with Crippen molar-refractivity contribution in [2.24, 2.45) is 5.73 Å². The number of anilines is 1. The van der Waals surface area contributed by atoms with Crippen LogP contribution in [0.25, 0.3) is 0 Å². The standard InChI is InChI=1S/C14H12F2N2O2S/c15-10-3-4-12(17)13(6-10)21(20)7-9-2-1-8(14(18)19)5-11(9)16/h1-6H,7,17H2,(H2,18,19). The van der Waals surface area contributed by atoms with E-state index < -0.39 is 28.3 Å². The molecule has 0 heterocycles. The Kier molecular flexibility index (Phi) is 4.32. The highest BCUT2D eigenvalue weighted by atomic mass is 32.2. The fraction of sp³-hybridized carbons (Fsp3) is 0.0714. The molecule has 0 aromatic heterocycles. The molecule has 7 heteroatoms. The maximum absolute atomic E-state index is 13.8. The molecule has 0 saturated carbocycles. The van der Waals surface area contributed by atoms with Gasteiger partial charge in [-0.15, -0.1) is 0 Å². The first kappa shape index (κ1) is 15.1. The van der Waals surface area contributed by atoms with Crippen molar-refractivity contribution in [3.63, 3.8) is 0 Å². The van der Waals surface area contributed by atoms with Crippen molar-refractivity contribution in [3.8, 4) is 0 Å². The van der Waals surface area contributed by atoms with E-state index in [1.807, 2.05) is 0 Å². The third-order valence-corrected chi connectivity index (χ3v) is 4.26. The second-order valence-electron chi connectivity index (χ2n) is 4.34. The van der Waals surface area contributed by atoms with Crippen molar-refractivity contribution in [2.75, 3.05) is 5.73 Å². The Bertz CT molecular complexity index is 735. The number of carbonyl (C=O) groups excluding carboxylic acids is 1. The van der Waals surface area contributed by atoms with Crippen LogP contribution >= 0.6 is 0 Å². The lowest BCUT2D eigenvalue weighted by Gasteiger charge is -2.07. The van der Waals surface area contributed by atoms with Crippen LogP contribution in [-0.2, 0) is 16.6 Å². The molecule has 0 fully saturated rings. The highest BCUT2D eigenvalue weighted by Gasteiger charge is 2.14. The van der Waals surface area contributed by atoms with Gasteiger partial charge in [-0.05, 0) is 30.3 Å². The summed E-state index contributed by atoms with van der Waals surface area (Å²) < 4.78 is 39.1. The zero-order valence-corrected chi connectivity index (χ0v) is 11.6. The SMILES string of the molecule is NC(=O)c1ccc(CS(=O)c2cc(F)ccc2N)c(F)c1. The summed E-state index contributed by atoms with van der Waals surface area (Å²) in [6.07, 6.45) is 0. The molecule has 2 rings (SSSR count). The van der Waals surface area contributed by atoms with Gasteiger partial charge >= 0.3 is 0 Å². The molecule has 0 spiro atoms. The van der Waals surface area contributed by atoms with E-state index >= 15 is 0 Å². The second-order valence-corrected chi connectivity index (χ2v) is 5.76. The number of nitrogen functional groups attached to an aromatic ring is 1. The van der Waals surface area contributed by atoms with Gasteiger partial charge in [-0.1, -0.05) is 6.07 Å². The number of nitrogens with two attached hydrogens (primary N) is 2. The molecule has 110 valence electrons. The first-order valence-electron chi connectivity index (χ1n) is 5.90. The number of hydrogen-bond acceptors (Lipinski definition) is 3. The maximum Gasteiger partial charge on any atom is 0.248 e.